The van der Waals surface area contributed by atoms with Gasteiger partial charge < -0.3 is 15.5 Å². The first-order valence-corrected chi connectivity index (χ1v) is 24.7. The lowest BCUT2D eigenvalue weighted by Gasteiger charge is -2.50. The van der Waals surface area contributed by atoms with Crippen molar-refractivity contribution in [2.24, 2.45) is 24.3 Å². The van der Waals surface area contributed by atoms with Crippen molar-refractivity contribution in [2.75, 3.05) is 25.0 Å². The van der Waals surface area contributed by atoms with E-state index in [0.717, 1.165) is 82.1 Å². The number of aryl methyl sites for hydroxylation is 1. The number of nitrogens with zero attached hydrogens (tertiary/aromatic N) is 3. The van der Waals surface area contributed by atoms with Crippen molar-refractivity contribution in [3.05, 3.63) is 97.6 Å². The molecule has 5 fully saturated rings. The second kappa shape index (κ2) is 17.5. The molecule has 0 radical (unpaired) electrons. The highest BCUT2D eigenvalue weighted by molar-refractivity contribution is 6.31. The van der Waals surface area contributed by atoms with Crippen LogP contribution in [0.15, 0.2) is 59.4 Å². The van der Waals surface area contributed by atoms with Gasteiger partial charge in [0, 0.05) is 59.7 Å². The van der Waals surface area contributed by atoms with Crippen LogP contribution in [-0.2, 0) is 31.6 Å². The summed E-state index contributed by atoms with van der Waals surface area (Å²) in [5, 5.41) is 13.1. The Balaban J connectivity index is 0.787. The maximum absolute atomic E-state index is 16.5. The molecule has 4 N–H and O–H groups in total. The summed E-state index contributed by atoms with van der Waals surface area (Å²) in [7, 11) is 1.69. The van der Waals surface area contributed by atoms with E-state index in [1.807, 2.05) is 24.3 Å². The minimum Gasteiger partial charge on any atom is -0.352 e. The number of hydrogen-bond acceptors (Lipinski definition) is 7. The number of rotatable bonds is 6. The van der Waals surface area contributed by atoms with E-state index in [1.54, 1.807) is 31.3 Å². The molecule has 2 saturated carbocycles. The molecule has 4 aromatic rings. The van der Waals surface area contributed by atoms with Crippen molar-refractivity contribution < 1.29 is 23.6 Å². The van der Waals surface area contributed by atoms with Gasteiger partial charge in [-0.05, 0) is 143 Å². The van der Waals surface area contributed by atoms with Crippen molar-refractivity contribution in [1.29, 1.82) is 0 Å². The summed E-state index contributed by atoms with van der Waals surface area (Å²) in [6.45, 7) is 7.38. The third-order valence-corrected chi connectivity index (χ3v) is 16.9. The van der Waals surface area contributed by atoms with Crippen LogP contribution in [0.5, 0.6) is 0 Å². The number of hydrogen-bond donors (Lipinski definition) is 4. The van der Waals surface area contributed by atoms with E-state index >= 15 is 4.39 Å². The van der Waals surface area contributed by atoms with Crippen LogP contribution < -0.4 is 27.0 Å². The standard InChI is InChI=1S/C52H58Cl2FN7O5/c1-50(2)21-23-51(24-22-50)52(36-15-12-33(53)28-38(36)57-48(52)66)43(35-5-4-6-37(54)44(35)55)45(59-51)47(65)56-34-13-9-32(10-14-34)29-61-25-19-30(20-26-61)7-8-31-11-16-39-41(27-31)60(3)49(67)62(39)40-17-18-42(63)58-46(40)64/h4-6,11-12,15-16,27-28,30,32,34,40,43,45,59H,9-10,13-14,17-26,29H2,1-3H3,(H,56,65)(H,57,66)(H,58,63,64)/t32-,34-,40?,43-,45+,52+/m0/s1. The van der Waals surface area contributed by atoms with Crippen molar-refractivity contribution in [3.63, 3.8) is 0 Å². The summed E-state index contributed by atoms with van der Waals surface area (Å²) in [6, 6.07) is 14.3. The molecule has 2 aliphatic carbocycles. The summed E-state index contributed by atoms with van der Waals surface area (Å²) >= 11 is 12.9. The number of fused-ring (bicyclic) bond motifs is 4. The first-order valence-electron chi connectivity index (χ1n) is 24.0. The topological polar surface area (TPSA) is 147 Å². The number of likely N-dealkylation sites (tertiary alicyclic amines) is 1. The number of anilines is 1. The number of benzene rings is 3. The lowest BCUT2D eigenvalue weighted by atomic mass is 9.53. The summed E-state index contributed by atoms with van der Waals surface area (Å²) < 4.78 is 19.5. The zero-order valence-corrected chi connectivity index (χ0v) is 39.8. The second-order valence-electron chi connectivity index (χ2n) is 20.9. The number of imidazole rings is 1. The number of imide groups is 1. The van der Waals surface area contributed by atoms with E-state index in [-0.39, 0.29) is 64.2 Å². The van der Waals surface area contributed by atoms with Gasteiger partial charge in [-0.15, -0.1) is 0 Å². The highest BCUT2D eigenvalue weighted by Gasteiger charge is 2.73. The maximum Gasteiger partial charge on any atom is 0.329 e. The molecule has 67 heavy (non-hydrogen) atoms. The van der Waals surface area contributed by atoms with Gasteiger partial charge in [0.05, 0.1) is 22.1 Å². The van der Waals surface area contributed by atoms with Gasteiger partial charge in [0.2, 0.25) is 23.6 Å². The third kappa shape index (κ3) is 7.99. The molecule has 5 heterocycles. The van der Waals surface area contributed by atoms with Crippen LogP contribution in [0, 0.1) is 34.9 Å². The Kier molecular flexibility index (Phi) is 12.0. The first-order chi connectivity index (χ1) is 32.1. The average molecular weight is 951 g/mol. The predicted octanol–water partition coefficient (Wildman–Crippen LogP) is 7.49. The summed E-state index contributed by atoms with van der Waals surface area (Å²) in [4.78, 5) is 69.8. The fourth-order valence-corrected chi connectivity index (χ4v) is 13.0. The molecule has 10 rings (SSSR count). The van der Waals surface area contributed by atoms with E-state index in [1.165, 1.54) is 15.2 Å². The molecule has 4 amide bonds. The number of piperidine rings is 2. The SMILES string of the molecule is Cn1c(=O)n(C2CCC(=O)NC2=O)c2ccc(C#CC3CCN(C[C@H]4CC[C@H](NC(=O)[C@@H]5NC6(CCC(C)(C)CC6)[C@@]6(C(=O)Nc7cc(Cl)ccc76)[C@H]5c5cccc(Cl)c5F)CC4)CC3)cc21. The zero-order chi connectivity index (χ0) is 47.0. The minimum absolute atomic E-state index is 0.0460. The average Bonchev–Trinajstić information content (AvgIpc) is 3.86. The minimum atomic E-state index is -1.29. The van der Waals surface area contributed by atoms with E-state index in [2.05, 4.69) is 51.9 Å². The van der Waals surface area contributed by atoms with Crippen molar-refractivity contribution in [3.8, 4) is 11.8 Å². The van der Waals surface area contributed by atoms with Gasteiger partial charge in [0.1, 0.15) is 17.3 Å². The number of amides is 4. The van der Waals surface area contributed by atoms with Crippen LogP contribution in [0.2, 0.25) is 10.0 Å². The molecule has 2 spiro atoms. The fraction of sp³-hybridized carbons (Fsp3) is 0.519. The van der Waals surface area contributed by atoms with E-state index < -0.39 is 40.7 Å². The molecule has 15 heteroatoms. The van der Waals surface area contributed by atoms with Crippen LogP contribution in [0.1, 0.15) is 120 Å². The largest absolute Gasteiger partial charge is 0.352 e. The van der Waals surface area contributed by atoms with Gasteiger partial charge in [-0.3, -0.25) is 38.9 Å². The Morgan fingerprint density at radius 1 is 0.881 bits per heavy atom. The quantitative estimate of drug-likeness (QED) is 0.116. The van der Waals surface area contributed by atoms with Crippen LogP contribution in [0.3, 0.4) is 0 Å². The van der Waals surface area contributed by atoms with Crippen LogP contribution in [0.25, 0.3) is 11.0 Å². The Morgan fingerprint density at radius 2 is 1.63 bits per heavy atom. The molecule has 352 valence electrons. The number of nitrogens with one attached hydrogen (secondary N) is 4. The third-order valence-electron chi connectivity index (χ3n) is 16.4. The Morgan fingerprint density at radius 3 is 2.36 bits per heavy atom. The number of aromatic nitrogens is 2. The highest BCUT2D eigenvalue weighted by atomic mass is 35.5. The number of carbonyl (C=O) groups excluding carboxylic acids is 4. The first kappa shape index (κ1) is 45.8. The number of carbonyl (C=O) groups is 4. The van der Waals surface area contributed by atoms with Gasteiger partial charge in [-0.2, -0.15) is 0 Å². The predicted molar refractivity (Wildman–Crippen MR) is 256 cm³/mol. The van der Waals surface area contributed by atoms with Gasteiger partial charge in [-0.1, -0.05) is 67.1 Å². The van der Waals surface area contributed by atoms with Gasteiger partial charge in [0.25, 0.3) is 0 Å². The maximum atomic E-state index is 16.5. The van der Waals surface area contributed by atoms with E-state index in [4.69, 9.17) is 23.2 Å². The van der Waals surface area contributed by atoms with Crippen LogP contribution >= 0.6 is 23.2 Å². The monoisotopic (exact) mass is 949 g/mol. The lowest BCUT2D eigenvalue weighted by Crippen LogP contribution is -2.61. The van der Waals surface area contributed by atoms with Crippen LogP contribution in [0.4, 0.5) is 10.1 Å². The molecule has 1 unspecified atom stereocenters. The smallest absolute Gasteiger partial charge is 0.329 e. The summed E-state index contributed by atoms with van der Waals surface area (Å²) in [6.07, 6.45) is 8.96. The molecule has 4 aliphatic heterocycles. The fourth-order valence-electron chi connectivity index (χ4n) is 12.7. The summed E-state index contributed by atoms with van der Waals surface area (Å²) in [5.41, 5.74) is 1.36. The number of halogens is 3. The zero-order valence-electron chi connectivity index (χ0n) is 38.3. The summed E-state index contributed by atoms with van der Waals surface area (Å²) in [5.74, 6) is 4.86. The van der Waals surface area contributed by atoms with Crippen molar-refractivity contribution >= 4 is 63.6 Å². The molecule has 3 aromatic carbocycles. The molecular formula is C52H58Cl2FN7O5. The Bertz CT molecular complexity index is 2800. The van der Waals surface area contributed by atoms with Crippen molar-refractivity contribution in [1.82, 2.24) is 30.0 Å². The lowest BCUT2D eigenvalue weighted by molar-refractivity contribution is -0.136. The Labute approximate surface area is 400 Å². The molecule has 3 saturated heterocycles. The highest BCUT2D eigenvalue weighted by Crippen LogP contribution is 2.64. The normalized spacial score (nSPS) is 28.3. The van der Waals surface area contributed by atoms with Gasteiger partial charge >= 0.3 is 5.69 Å². The van der Waals surface area contributed by atoms with E-state index in [0.29, 0.717) is 40.5 Å². The molecular weight excluding hydrogens is 893 g/mol. The van der Waals surface area contributed by atoms with Crippen molar-refractivity contribution in [2.45, 2.75) is 126 Å². The van der Waals surface area contributed by atoms with E-state index in [9.17, 15) is 24.0 Å². The van der Waals surface area contributed by atoms with Crippen LogP contribution in [-0.4, -0.2) is 74.9 Å². The molecule has 0 bridgehead atoms. The molecule has 12 nitrogen and oxygen atoms in total. The molecule has 6 aliphatic rings. The molecule has 1 aromatic heterocycles. The van der Waals surface area contributed by atoms with Gasteiger partial charge in [-0.25, -0.2) is 9.18 Å². The molecule has 4 atom stereocenters. The Hall–Kier alpha value is -5.00. The van der Waals surface area contributed by atoms with Gasteiger partial charge in [0.15, 0.2) is 0 Å². The second-order valence-corrected chi connectivity index (χ2v) is 21.7.